The molecule has 0 aliphatic rings. The molecule has 0 fully saturated rings. The van der Waals surface area contributed by atoms with Crippen molar-refractivity contribution in [3.63, 3.8) is 0 Å². The number of carbonyl (C=O) groups is 1. The molecule has 0 saturated carbocycles. The van der Waals surface area contributed by atoms with E-state index < -0.39 is 5.91 Å². The number of phenolic OH excluding ortho intramolecular Hbond substituents is 2. The lowest BCUT2D eigenvalue weighted by Crippen LogP contribution is -2.19. The summed E-state index contributed by atoms with van der Waals surface area (Å²) in [5, 5.41) is 22.8. The van der Waals surface area contributed by atoms with Crippen LogP contribution in [0.15, 0.2) is 60.2 Å². The van der Waals surface area contributed by atoms with Gasteiger partial charge in [0.1, 0.15) is 23.9 Å². The van der Waals surface area contributed by atoms with Crippen LogP contribution < -0.4 is 10.2 Å². The van der Waals surface area contributed by atoms with E-state index in [-0.39, 0.29) is 17.1 Å². The van der Waals surface area contributed by atoms with Crippen molar-refractivity contribution >= 4 is 11.6 Å². The first-order chi connectivity index (χ1) is 11.5. The van der Waals surface area contributed by atoms with Gasteiger partial charge >= 0.3 is 0 Å². The van der Waals surface area contributed by atoms with Crippen LogP contribution in [-0.4, -0.2) is 28.4 Å². The van der Waals surface area contributed by atoms with Gasteiger partial charge in [0.2, 0.25) is 0 Å². The molecule has 6 nitrogen and oxygen atoms in total. The standard InChI is InChI=1S/C18H18N2O4/c1-3-7-24-17-6-4-5-13(10-17)12(2)19-20-18(23)14-8-15(21)11-16(22)9-14/h3-6,8-11,21-22H,1,7H2,2H3,(H,20,23). The van der Waals surface area contributed by atoms with Crippen LogP contribution in [0.4, 0.5) is 0 Å². The zero-order chi connectivity index (χ0) is 17.5. The Balaban J connectivity index is 2.10. The highest BCUT2D eigenvalue weighted by Gasteiger charge is 2.08. The number of benzene rings is 2. The van der Waals surface area contributed by atoms with Crippen molar-refractivity contribution in [1.82, 2.24) is 5.43 Å². The van der Waals surface area contributed by atoms with Crippen molar-refractivity contribution in [2.75, 3.05) is 6.61 Å². The molecule has 0 saturated heterocycles. The fourth-order valence-electron chi connectivity index (χ4n) is 1.96. The van der Waals surface area contributed by atoms with E-state index in [1.807, 2.05) is 18.2 Å². The van der Waals surface area contributed by atoms with Crippen LogP contribution in [0.1, 0.15) is 22.8 Å². The Morgan fingerprint density at radius 1 is 1.21 bits per heavy atom. The molecule has 0 unspecified atom stereocenters. The van der Waals surface area contributed by atoms with E-state index in [0.29, 0.717) is 18.1 Å². The zero-order valence-electron chi connectivity index (χ0n) is 13.2. The van der Waals surface area contributed by atoms with Gasteiger partial charge in [0.15, 0.2) is 0 Å². The first-order valence-corrected chi connectivity index (χ1v) is 7.21. The number of nitrogens with zero attached hydrogens (tertiary/aromatic N) is 1. The summed E-state index contributed by atoms with van der Waals surface area (Å²) in [6.07, 6.45) is 1.65. The van der Waals surface area contributed by atoms with Gasteiger partial charge in [-0.25, -0.2) is 5.43 Å². The van der Waals surface area contributed by atoms with E-state index in [0.717, 1.165) is 11.6 Å². The third kappa shape index (κ3) is 4.61. The number of phenols is 2. The largest absolute Gasteiger partial charge is 0.508 e. The van der Waals surface area contributed by atoms with Crippen molar-refractivity contribution in [1.29, 1.82) is 0 Å². The average Bonchev–Trinajstić information content (AvgIpc) is 2.57. The molecule has 0 atom stereocenters. The van der Waals surface area contributed by atoms with Gasteiger partial charge in [-0.2, -0.15) is 5.10 Å². The van der Waals surface area contributed by atoms with Crippen LogP contribution in [0, 0.1) is 0 Å². The molecule has 6 heteroatoms. The minimum absolute atomic E-state index is 0.104. The van der Waals surface area contributed by atoms with Crippen LogP contribution in [-0.2, 0) is 0 Å². The Labute approximate surface area is 139 Å². The van der Waals surface area contributed by atoms with E-state index in [9.17, 15) is 15.0 Å². The maximum atomic E-state index is 12.0. The van der Waals surface area contributed by atoms with E-state index in [1.165, 1.54) is 12.1 Å². The van der Waals surface area contributed by atoms with Gasteiger partial charge in [0.05, 0.1) is 5.71 Å². The second-order valence-electron chi connectivity index (χ2n) is 5.00. The minimum atomic E-state index is -0.542. The first kappa shape index (κ1) is 17.1. The summed E-state index contributed by atoms with van der Waals surface area (Å²) in [5.74, 6) is -0.272. The molecule has 0 spiro atoms. The van der Waals surface area contributed by atoms with Gasteiger partial charge in [-0.05, 0) is 31.2 Å². The van der Waals surface area contributed by atoms with Crippen LogP contribution >= 0.6 is 0 Å². The van der Waals surface area contributed by atoms with E-state index >= 15 is 0 Å². The van der Waals surface area contributed by atoms with Crippen LogP contribution in [0.25, 0.3) is 0 Å². The average molecular weight is 326 g/mol. The summed E-state index contributed by atoms with van der Waals surface area (Å²) < 4.78 is 5.45. The molecule has 0 radical (unpaired) electrons. The summed E-state index contributed by atoms with van der Waals surface area (Å²) >= 11 is 0. The highest BCUT2D eigenvalue weighted by Crippen LogP contribution is 2.20. The van der Waals surface area contributed by atoms with Gasteiger partial charge in [-0.3, -0.25) is 4.79 Å². The van der Waals surface area contributed by atoms with Gasteiger partial charge < -0.3 is 14.9 Å². The van der Waals surface area contributed by atoms with Crippen molar-refractivity contribution in [3.8, 4) is 17.2 Å². The second-order valence-corrected chi connectivity index (χ2v) is 5.00. The molecule has 124 valence electrons. The molecule has 3 N–H and O–H groups in total. The number of rotatable bonds is 6. The maximum Gasteiger partial charge on any atom is 0.271 e. The van der Waals surface area contributed by atoms with Crippen molar-refractivity contribution in [2.24, 2.45) is 5.10 Å². The van der Waals surface area contributed by atoms with Crippen LogP contribution in [0.2, 0.25) is 0 Å². The Hall–Kier alpha value is -3.28. The Bertz CT molecular complexity index is 764. The smallest absolute Gasteiger partial charge is 0.271 e. The number of aromatic hydroxyl groups is 2. The number of amides is 1. The van der Waals surface area contributed by atoms with E-state index in [2.05, 4.69) is 17.1 Å². The SMILES string of the molecule is C=CCOc1cccc(C(C)=NNC(=O)c2cc(O)cc(O)c2)c1. The number of ether oxygens (including phenoxy) is 1. The van der Waals surface area contributed by atoms with Gasteiger partial charge in [-0.1, -0.05) is 24.8 Å². The van der Waals surface area contributed by atoms with E-state index in [4.69, 9.17) is 4.74 Å². The van der Waals surface area contributed by atoms with Crippen molar-refractivity contribution in [3.05, 3.63) is 66.2 Å². The summed E-state index contributed by atoms with van der Waals surface area (Å²) in [5.41, 5.74) is 3.86. The van der Waals surface area contributed by atoms with Crippen molar-refractivity contribution in [2.45, 2.75) is 6.92 Å². The minimum Gasteiger partial charge on any atom is -0.508 e. The van der Waals surface area contributed by atoms with Crippen molar-refractivity contribution < 1.29 is 19.7 Å². The molecule has 0 bridgehead atoms. The molecule has 2 aromatic carbocycles. The molecule has 0 aliphatic carbocycles. The lowest BCUT2D eigenvalue weighted by Gasteiger charge is -2.07. The number of carbonyl (C=O) groups excluding carboxylic acids is 1. The predicted molar refractivity (Wildman–Crippen MR) is 91.6 cm³/mol. The topological polar surface area (TPSA) is 91.2 Å². The predicted octanol–water partition coefficient (Wildman–Crippen LogP) is 2.82. The van der Waals surface area contributed by atoms with E-state index in [1.54, 1.807) is 19.1 Å². The third-order valence-corrected chi connectivity index (χ3v) is 3.11. The highest BCUT2D eigenvalue weighted by molar-refractivity contribution is 6.01. The molecule has 0 heterocycles. The van der Waals surface area contributed by atoms with Gasteiger partial charge in [-0.15, -0.1) is 0 Å². The Kier molecular flexibility index (Phi) is 5.57. The Morgan fingerprint density at radius 2 is 1.92 bits per heavy atom. The second kappa shape index (κ2) is 7.82. The normalized spacial score (nSPS) is 11.0. The van der Waals surface area contributed by atoms with Gasteiger partial charge in [0.25, 0.3) is 5.91 Å². The number of hydrazone groups is 1. The molecule has 0 aliphatic heterocycles. The maximum absolute atomic E-state index is 12.0. The number of hydrogen-bond acceptors (Lipinski definition) is 5. The first-order valence-electron chi connectivity index (χ1n) is 7.21. The molecular weight excluding hydrogens is 308 g/mol. The molecule has 2 rings (SSSR count). The third-order valence-electron chi connectivity index (χ3n) is 3.11. The number of hydrogen-bond donors (Lipinski definition) is 3. The van der Waals surface area contributed by atoms with Crippen LogP contribution in [0.3, 0.4) is 0 Å². The van der Waals surface area contributed by atoms with Gasteiger partial charge in [0, 0.05) is 17.2 Å². The summed E-state index contributed by atoms with van der Waals surface area (Å²) in [6.45, 7) is 5.73. The molecule has 2 aromatic rings. The summed E-state index contributed by atoms with van der Waals surface area (Å²) in [6, 6.07) is 10.9. The molecule has 1 amide bonds. The fourth-order valence-corrected chi connectivity index (χ4v) is 1.96. The van der Waals surface area contributed by atoms with Crippen LogP contribution in [0.5, 0.6) is 17.2 Å². The Morgan fingerprint density at radius 3 is 2.58 bits per heavy atom. The summed E-state index contributed by atoms with van der Waals surface area (Å²) in [7, 11) is 0. The summed E-state index contributed by atoms with van der Waals surface area (Å²) in [4.78, 5) is 12.0. The lowest BCUT2D eigenvalue weighted by molar-refractivity contribution is 0.0954. The molecular formula is C18H18N2O4. The highest BCUT2D eigenvalue weighted by atomic mass is 16.5. The quantitative estimate of drug-likeness (QED) is 0.432. The zero-order valence-corrected chi connectivity index (χ0v) is 13.2. The number of nitrogens with one attached hydrogen (secondary N) is 1. The molecule has 24 heavy (non-hydrogen) atoms. The molecule has 0 aromatic heterocycles. The fraction of sp³-hybridized carbons (Fsp3) is 0.111. The lowest BCUT2D eigenvalue weighted by atomic mass is 10.1. The monoisotopic (exact) mass is 326 g/mol.